The number of ether oxygens (including phenoxy) is 2. The maximum Gasteiger partial charge on any atom is 0.0594 e. The zero-order valence-electron chi connectivity index (χ0n) is 14.7. The van der Waals surface area contributed by atoms with Crippen molar-refractivity contribution in [3.05, 3.63) is 35.9 Å². The van der Waals surface area contributed by atoms with E-state index in [1.165, 1.54) is 5.56 Å². The molecule has 134 valence electrons. The fraction of sp³-hybridized carbons (Fsp3) is 0.684. The van der Waals surface area contributed by atoms with Gasteiger partial charge in [0.25, 0.3) is 0 Å². The average Bonchev–Trinajstić information content (AvgIpc) is 2.59. The molecule has 3 aliphatic rings. The van der Waals surface area contributed by atoms with E-state index in [0.29, 0.717) is 0 Å². The van der Waals surface area contributed by atoms with Crippen LogP contribution in [-0.4, -0.2) is 93.5 Å². The molecule has 2 bridgehead atoms. The van der Waals surface area contributed by atoms with E-state index in [1.807, 2.05) is 0 Å². The highest BCUT2D eigenvalue weighted by Gasteiger charge is 2.15. The van der Waals surface area contributed by atoms with Crippen molar-refractivity contribution in [3.63, 3.8) is 0 Å². The van der Waals surface area contributed by atoms with Gasteiger partial charge in [-0.3, -0.25) is 14.7 Å². The Bertz CT molecular complexity index is 423. The molecule has 3 aliphatic heterocycles. The van der Waals surface area contributed by atoms with Gasteiger partial charge < -0.3 is 9.47 Å². The molecule has 0 aromatic heterocycles. The van der Waals surface area contributed by atoms with Crippen molar-refractivity contribution >= 4 is 0 Å². The summed E-state index contributed by atoms with van der Waals surface area (Å²) in [6.07, 6.45) is 0. The predicted molar refractivity (Wildman–Crippen MR) is 96.2 cm³/mol. The third-order valence-corrected chi connectivity index (χ3v) is 4.92. The molecule has 1 aromatic carbocycles. The SMILES string of the molecule is c1ccc(CN2CCN3CCOCCN(CCOCC3)CC2)cc1. The molecule has 3 fully saturated rings. The second-order valence-electron chi connectivity index (χ2n) is 6.67. The molecule has 0 atom stereocenters. The van der Waals surface area contributed by atoms with Crippen LogP contribution in [0.15, 0.2) is 30.3 Å². The number of fused-ring (bicyclic) bond motifs is 12. The Labute approximate surface area is 146 Å². The summed E-state index contributed by atoms with van der Waals surface area (Å²) in [5.74, 6) is 0. The van der Waals surface area contributed by atoms with E-state index >= 15 is 0 Å². The lowest BCUT2D eigenvalue weighted by Crippen LogP contribution is -2.44. The van der Waals surface area contributed by atoms with E-state index in [2.05, 4.69) is 45.0 Å². The fourth-order valence-corrected chi connectivity index (χ4v) is 3.33. The van der Waals surface area contributed by atoms with Crippen LogP contribution in [0.1, 0.15) is 5.56 Å². The minimum atomic E-state index is 0.826. The van der Waals surface area contributed by atoms with Gasteiger partial charge >= 0.3 is 0 Å². The normalized spacial score (nSPS) is 28.2. The summed E-state index contributed by atoms with van der Waals surface area (Å²) in [7, 11) is 0. The Morgan fingerprint density at radius 1 is 0.625 bits per heavy atom. The maximum absolute atomic E-state index is 5.82. The lowest BCUT2D eigenvalue weighted by molar-refractivity contribution is 0.0251. The Morgan fingerprint density at radius 3 is 1.62 bits per heavy atom. The standard InChI is InChI=1S/C19H31N3O2/c1-2-4-19(5-3-1)18-22-8-6-20-10-14-23-16-12-21(7-9-22)13-17-24-15-11-20/h1-5H,6-18H2. The van der Waals surface area contributed by atoms with E-state index in [9.17, 15) is 0 Å². The lowest BCUT2D eigenvalue weighted by atomic mass is 10.2. The molecule has 3 heterocycles. The molecule has 0 amide bonds. The molecule has 0 spiro atoms. The Balaban J connectivity index is 1.66. The monoisotopic (exact) mass is 333 g/mol. The summed E-state index contributed by atoms with van der Waals surface area (Å²) in [5, 5.41) is 0. The molecule has 1 aromatic rings. The molecule has 0 aliphatic carbocycles. The smallest absolute Gasteiger partial charge is 0.0594 e. The van der Waals surface area contributed by atoms with E-state index in [1.54, 1.807) is 0 Å². The number of nitrogens with zero attached hydrogens (tertiary/aromatic N) is 3. The van der Waals surface area contributed by atoms with Crippen molar-refractivity contribution in [1.29, 1.82) is 0 Å². The van der Waals surface area contributed by atoms with Crippen LogP contribution in [0.4, 0.5) is 0 Å². The number of benzene rings is 1. The van der Waals surface area contributed by atoms with Gasteiger partial charge in [-0.1, -0.05) is 30.3 Å². The highest BCUT2D eigenvalue weighted by atomic mass is 16.5. The minimum Gasteiger partial charge on any atom is -0.379 e. The zero-order valence-corrected chi connectivity index (χ0v) is 14.7. The first-order chi connectivity index (χ1) is 11.9. The second kappa shape index (κ2) is 10.1. The lowest BCUT2D eigenvalue weighted by Gasteiger charge is -2.32. The van der Waals surface area contributed by atoms with Crippen molar-refractivity contribution in [2.24, 2.45) is 0 Å². The van der Waals surface area contributed by atoms with Crippen molar-refractivity contribution < 1.29 is 9.47 Å². The van der Waals surface area contributed by atoms with Crippen LogP contribution in [0.25, 0.3) is 0 Å². The zero-order chi connectivity index (χ0) is 16.5. The Kier molecular flexibility index (Phi) is 7.51. The van der Waals surface area contributed by atoms with Gasteiger partial charge in [-0.25, -0.2) is 0 Å². The van der Waals surface area contributed by atoms with Crippen molar-refractivity contribution in [1.82, 2.24) is 14.7 Å². The molecule has 0 saturated carbocycles. The topological polar surface area (TPSA) is 28.2 Å². The third kappa shape index (κ3) is 6.15. The summed E-state index contributed by atoms with van der Waals surface area (Å²) in [4.78, 5) is 7.57. The first-order valence-electron chi connectivity index (χ1n) is 9.26. The summed E-state index contributed by atoms with van der Waals surface area (Å²) < 4.78 is 11.6. The van der Waals surface area contributed by atoms with Crippen LogP contribution in [0.3, 0.4) is 0 Å². The molecular formula is C19H31N3O2. The quantitative estimate of drug-likeness (QED) is 0.810. The Hall–Kier alpha value is -0.980. The van der Waals surface area contributed by atoms with Gasteiger partial charge in [-0.15, -0.1) is 0 Å². The van der Waals surface area contributed by atoms with Crippen LogP contribution >= 0.6 is 0 Å². The average molecular weight is 333 g/mol. The van der Waals surface area contributed by atoms with E-state index in [0.717, 1.165) is 85.3 Å². The summed E-state index contributed by atoms with van der Waals surface area (Å²) in [5.41, 5.74) is 1.40. The molecule has 5 nitrogen and oxygen atoms in total. The van der Waals surface area contributed by atoms with Crippen molar-refractivity contribution in [3.8, 4) is 0 Å². The van der Waals surface area contributed by atoms with Crippen LogP contribution in [0.5, 0.6) is 0 Å². The van der Waals surface area contributed by atoms with Crippen LogP contribution in [-0.2, 0) is 16.0 Å². The van der Waals surface area contributed by atoms with Crippen LogP contribution < -0.4 is 0 Å². The van der Waals surface area contributed by atoms with Gasteiger partial charge in [0.05, 0.1) is 26.4 Å². The highest BCUT2D eigenvalue weighted by Crippen LogP contribution is 2.06. The first-order valence-corrected chi connectivity index (χ1v) is 9.26. The van der Waals surface area contributed by atoms with Gasteiger partial charge in [-0.2, -0.15) is 0 Å². The summed E-state index contributed by atoms with van der Waals surface area (Å²) in [6, 6.07) is 10.8. The Morgan fingerprint density at radius 2 is 1.12 bits per heavy atom. The maximum atomic E-state index is 5.82. The summed E-state index contributed by atoms with van der Waals surface area (Å²) in [6.45, 7) is 12.7. The molecule has 3 saturated heterocycles. The molecular weight excluding hydrogens is 302 g/mol. The van der Waals surface area contributed by atoms with Crippen molar-refractivity contribution in [2.75, 3.05) is 78.8 Å². The molecule has 0 radical (unpaired) electrons. The summed E-state index contributed by atoms with van der Waals surface area (Å²) >= 11 is 0. The first kappa shape index (κ1) is 17.8. The van der Waals surface area contributed by atoms with Crippen LogP contribution in [0, 0.1) is 0 Å². The van der Waals surface area contributed by atoms with Gasteiger partial charge in [-0.05, 0) is 5.56 Å². The van der Waals surface area contributed by atoms with Gasteiger partial charge in [0, 0.05) is 58.9 Å². The minimum absolute atomic E-state index is 0.826. The predicted octanol–water partition coefficient (Wildman–Crippen LogP) is 1.15. The largest absolute Gasteiger partial charge is 0.379 e. The fourth-order valence-electron chi connectivity index (χ4n) is 3.33. The second-order valence-corrected chi connectivity index (χ2v) is 6.67. The van der Waals surface area contributed by atoms with Gasteiger partial charge in [0.2, 0.25) is 0 Å². The number of hydrogen-bond donors (Lipinski definition) is 0. The van der Waals surface area contributed by atoms with E-state index in [4.69, 9.17) is 9.47 Å². The number of rotatable bonds is 2. The highest BCUT2D eigenvalue weighted by molar-refractivity contribution is 5.14. The van der Waals surface area contributed by atoms with E-state index < -0.39 is 0 Å². The molecule has 5 heteroatoms. The van der Waals surface area contributed by atoms with Crippen molar-refractivity contribution in [2.45, 2.75) is 6.54 Å². The van der Waals surface area contributed by atoms with E-state index in [-0.39, 0.29) is 0 Å². The molecule has 0 unspecified atom stereocenters. The van der Waals surface area contributed by atoms with Gasteiger partial charge in [0.1, 0.15) is 0 Å². The molecule has 4 rings (SSSR count). The number of hydrogen-bond acceptors (Lipinski definition) is 5. The molecule has 24 heavy (non-hydrogen) atoms. The third-order valence-electron chi connectivity index (χ3n) is 4.92. The molecule has 0 N–H and O–H groups in total. The van der Waals surface area contributed by atoms with Gasteiger partial charge in [0.15, 0.2) is 0 Å². The van der Waals surface area contributed by atoms with Crippen LogP contribution in [0.2, 0.25) is 0 Å².